The maximum absolute atomic E-state index is 12.7. The lowest BCUT2D eigenvalue weighted by atomic mass is 9.74. The molecule has 1 aromatic carbocycles. The SMILES string of the molecule is O=C1CC2(CCC2)Nc2ccc(C(F)(F)F)cc2N1. The molecule has 102 valence electrons. The van der Waals surface area contributed by atoms with Crippen LogP contribution in [0.4, 0.5) is 24.5 Å². The summed E-state index contributed by atoms with van der Waals surface area (Å²) < 4.78 is 38.0. The van der Waals surface area contributed by atoms with Gasteiger partial charge in [0.2, 0.25) is 5.91 Å². The van der Waals surface area contributed by atoms with Crippen LogP contribution in [0.5, 0.6) is 0 Å². The molecule has 0 aromatic heterocycles. The van der Waals surface area contributed by atoms with Crippen molar-refractivity contribution >= 4 is 17.3 Å². The summed E-state index contributed by atoms with van der Waals surface area (Å²) in [6.07, 6.45) is -1.30. The van der Waals surface area contributed by atoms with E-state index in [1.54, 1.807) is 0 Å². The minimum absolute atomic E-state index is 0.212. The first-order valence-corrected chi connectivity index (χ1v) is 6.17. The Morgan fingerprint density at radius 3 is 2.47 bits per heavy atom. The molecule has 1 amide bonds. The minimum atomic E-state index is -4.40. The predicted octanol–water partition coefficient (Wildman–Crippen LogP) is 3.38. The van der Waals surface area contributed by atoms with Crippen LogP contribution in [0.15, 0.2) is 18.2 Å². The van der Waals surface area contributed by atoms with Crippen LogP contribution in [-0.2, 0) is 11.0 Å². The Labute approximate surface area is 108 Å². The first-order chi connectivity index (χ1) is 8.88. The van der Waals surface area contributed by atoms with Crippen LogP contribution in [0.1, 0.15) is 31.2 Å². The molecule has 1 saturated carbocycles. The lowest BCUT2D eigenvalue weighted by molar-refractivity contribution is -0.137. The number of carbonyl (C=O) groups is 1. The van der Waals surface area contributed by atoms with Crippen molar-refractivity contribution in [2.45, 2.75) is 37.4 Å². The molecule has 2 aliphatic rings. The summed E-state index contributed by atoms with van der Waals surface area (Å²) in [7, 11) is 0. The molecular weight excluding hydrogens is 257 g/mol. The van der Waals surface area contributed by atoms with Crippen LogP contribution in [-0.4, -0.2) is 11.4 Å². The number of anilines is 2. The summed E-state index contributed by atoms with van der Waals surface area (Å²) in [5.74, 6) is -0.231. The molecule has 3 rings (SSSR count). The smallest absolute Gasteiger partial charge is 0.377 e. The van der Waals surface area contributed by atoms with Gasteiger partial charge in [-0.25, -0.2) is 0 Å². The number of amides is 1. The van der Waals surface area contributed by atoms with Crippen molar-refractivity contribution in [2.75, 3.05) is 10.6 Å². The van der Waals surface area contributed by atoms with E-state index in [9.17, 15) is 18.0 Å². The van der Waals surface area contributed by atoms with Crippen molar-refractivity contribution in [2.24, 2.45) is 0 Å². The molecule has 19 heavy (non-hydrogen) atoms. The molecule has 0 atom stereocenters. The van der Waals surface area contributed by atoms with Crippen molar-refractivity contribution in [1.82, 2.24) is 0 Å². The molecule has 2 N–H and O–H groups in total. The maximum Gasteiger partial charge on any atom is 0.416 e. The first-order valence-electron chi connectivity index (χ1n) is 6.17. The van der Waals surface area contributed by atoms with Gasteiger partial charge in [-0.1, -0.05) is 0 Å². The van der Waals surface area contributed by atoms with Crippen molar-refractivity contribution in [3.63, 3.8) is 0 Å². The van der Waals surface area contributed by atoms with Gasteiger partial charge in [0.15, 0.2) is 0 Å². The fourth-order valence-corrected chi connectivity index (χ4v) is 2.67. The van der Waals surface area contributed by atoms with E-state index >= 15 is 0 Å². The number of fused-ring (bicyclic) bond motifs is 1. The Hall–Kier alpha value is -1.72. The molecule has 1 heterocycles. The topological polar surface area (TPSA) is 41.1 Å². The summed E-state index contributed by atoms with van der Waals surface area (Å²) in [5, 5.41) is 5.79. The zero-order valence-electron chi connectivity index (χ0n) is 10.1. The summed E-state index contributed by atoms with van der Waals surface area (Å²) in [6.45, 7) is 0. The standard InChI is InChI=1S/C13H13F3N2O/c14-13(15,16)8-2-3-9-10(6-8)17-11(19)7-12(18-9)4-1-5-12/h2-3,6,18H,1,4-5,7H2,(H,17,19). The summed E-state index contributed by atoms with van der Waals surface area (Å²) in [6, 6.07) is 3.41. The van der Waals surface area contributed by atoms with Gasteiger partial charge in [-0.05, 0) is 37.5 Å². The molecular formula is C13H13F3N2O. The van der Waals surface area contributed by atoms with E-state index in [1.807, 2.05) is 0 Å². The highest BCUT2D eigenvalue weighted by atomic mass is 19.4. The van der Waals surface area contributed by atoms with Gasteiger partial charge in [-0.3, -0.25) is 4.79 Å². The zero-order chi connectivity index (χ0) is 13.7. The molecule has 1 aliphatic heterocycles. The third-order valence-corrected chi connectivity index (χ3v) is 3.83. The predicted molar refractivity (Wildman–Crippen MR) is 64.9 cm³/mol. The molecule has 0 radical (unpaired) electrons. The monoisotopic (exact) mass is 270 g/mol. The van der Waals surface area contributed by atoms with Crippen LogP contribution in [0.3, 0.4) is 0 Å². The largest absolute Gasteiger partial charge is 0.416 e. The second-order valence-corrected chi connectivity index (χ2v) is 5.24. The number of alkyl halides is 3. The second-order valence-electron chi connectivity index (χ2n) is 5.24. The second kappa shape index (κ2) is 3.88. The average Bonchev–Trinajstić information content (AvgIpc) is 2.41. The van der Waals surface area contributed by atoms with Gasteiger partial charge in [-0.15, -0.1) is 0 Å². The van der Waals surface area contributed by atoms with Crippen LogP contribution in [0, 0.1) is 0 Å². The van der Waals surface area contributed by atoms with Gasteiger partial charge in [0, 0.05) is 12.0 Å². The van der Waals surface area contributed by atoms with Gasteiger partial charge < -0.3 is 10.6 Å². The highest BCUT2D eigenvalue weighted by Gasteiger charge is 2.41. The first kappa shape index (κ1) is 12.3. The van der Waals surface area contributed by atoms with Crippen molar-refractivity contribution in [1.29, 1.82) is 0 Å². The fraction of sp³-hybridized carbons (Fsp3) is 0.462. The van der Waals surface area contributed by atoms with Crippen LogP contribution in [0.25, 0.3) is 0 Å². The number of nitrogens with one attached hydrogen (secondary N) is 2. The molecule has 1 aromatic rings. The molecule has 1 fully saturated rings. The van der Waals surface area contributed by atoms with Crippen LogP contribution >= 0.6 is 0 Å². The minimum Gasteiger partial charge on any atom is -0.377 e. The lowest BCUT2D eigenvalue weighted by Crippen LogP contribution is -2.46. The van der Waals surface area contributed by atoms with E-state index in [0.29, 0.717) is 12.1 Å². The molecule has 0 bridgehead atoms. The number of benzene rings is 1. The average molecular weight is 270 g/mol. The fourth-order valence-electron chi connectivity index (χ4n) is 2.67. The number of carbonyl (C=O) groups excluding carboxylic acids is 1. The van der Waals surface area contributed by atoms with Crippen molar-refractivity contribution in [3.8, 4) is 0 Å². The molecule has 0 saturated heterocycles. The Morgan fingerprint density at radius 1 is 1.16 bits per heavy atom. The van der Waals surface area contributed by atoms with E-state index in [-0.39, 0.29) is 17.1 Å². The Kier molecular flexibility index (Phi) is 2.52. The molecule has 1 aliphatic carbocycles. The van der Waals surface area contributed by atoms with Gasteiger partial charge in [0.25, 0.3) is 0 Å². The number of hydrogen-bond acceptors (Lipinski definition) is 2. The normalized spacial score (nSPS) is 20.9. The van der Waals surface area contributed by atoms with E-state index < -0.39 is 11.7 Å². The third-order valence-electron chi connectivity index (χ3n) is 3.83. The summed E-state index contributed by atoms with van der Waals surface area (Å²) in [5.41, 5.74) is -0.241. The zero-order valence-corrected chi connectivity index (χ0v) is 10.1. The quantitative estimate of drug-likeness (QED) is 0.758. The molecule has 1 spiro atoms. The summed E-state index contributed by atoms with van der Waals surface area (Å²) in [4.78, 5) is 11.8. The summed E-state index contributed by atoms with van der Waals surface area (Å²) >= 11 is 0. The van der Waals surface area contributed by atoms with E-state index in [0.717, 1.165) is 31.4 Å². The third kappa shape index (κ3) is 2.15. The number of halogens is 3. The van der Waals surface area contributed by atoms with Gasteiger partial charge in [-0.2, -0.15) is 13.2 Å². The molecule has 0 unspecified atom stereocenters. The number of rotatable bonds is 0. The lowest BCUT2D eigenvalue weighted by Gasteiger charge is -2.41. The van der Waals surface area contributed by atoms with Crippen LogP contribution < -0.4 is 10.6 Å². The highest BCUT2D eigenvalue weighted by Crippen LogP contribution is 2.43. The van der Waals surface area contributed by atoms with Crippen molar-refractivity contribution < 1.29 is 18.0 Å². The Morgan fingerprint density at radius 2 is 1.89 bits per heavy atom. The van der Waals surface area contributed by atoms with E-state index in [4.69, 9.17) is 0 Å². The highest BCUT2D eigenvalue weighted by molar-refractivity contribution is 5.97. The molecule has 6 heteroatoms. The van der Waals surface area contributed by atoms with E-state index in [1.165, 1.54) is 6.07 Å². The van der Waals surface area contributed by atoms with Crippen molar-refractivity contribution in [3.05, 3.63) is 23.8 Å². The Bertz CT molecular complexity index is 535. The van der Waals surface area contributed by atoms with Gasteiger partial charge >= 0.3 is 6.18 Å². The Balaban J connectivity index is 1.99. The number of hydrogen-bond donors (Lipinski definition) is 2. The molecule has 3 nitrogen and oxygen atoms in total. The van der Waals surface area contributed by atoms with Gasteiger partial charge in [0.1, 0.15) is 0 Å². The maximum atomic E-state index is 12.7. The van der Waals surface area contributed by atoms with Gasteiger partial charge in [0.05, 0.1) is 16.9 Å². The van der Waals surface area contributed by atoms with Crippen LogP contribution in [0.2, 0.25) is 0 Å². The van der Waals surface area contributed by atoms with E-state index in [2.05, 4.69) is 10.6 Å².